The van der Waals surface area contributed by atoms with Gasteiger partial charge < -0.3 is 4.74 Å². The SMILES string of the molecule is Cc1nc(-c2ccc(F)cc2)sc1C(=O)OCC(=O)c1cc(F)ccc1F. The Bertz CT molecular complexity index is 1020. The van der Waals surface area contributed by atoms with Gasteiger partial charge in [0.1, 0.15) is 27.3 Å². The van der Waals surface area contributed by atoms with Gasteiger partial charge in [-0.1, -0.05) is 0 Å². The zero-order valence-corrected chi connectivity index (χ0v) is 14.8. The Labute approximate surface area is 156 Å². The molecule has 0 aliphatic rings. The van der Waals surface area contributed by atoms with Crippen LogP contribution in [0.1, 0.15) is 25.7 Å². The highest BCUT2D eigenvalue weighted by atomic mass is 32.1. The Morgan fingerprint density at radius 1 is 1.04 bits per heavy atom. The molecule has 4 nitrogen and oxygen atoms in total. The number of Topliss-reactive ketones (excluding diaryl/α,β-unsaturated/α-hetero) is 1. The molecule has 0 aliphatic heterocycles. The number of hydrogen-bond donors (Lipinski definition) is 0. The van der Waals surface area contributed by atoms with Crippen LogP contribution in [0.5, 0.6) is 0 Å². The predicted octanol–water partition coefficient (Wildman–Crippen LogP) is 4.58. The van der Waals surface area contributed by atoms with Crippen LogP contribution in [-0.4, -0.2) is 23.3 Å². The van der Waals surface area contributed by atoms with Crippen LogP contribution in [0.25, 0.3) is 10.6 Å². The van der Waals surface area contributed by atoms with Gasteiger partial charge in [-0.2, -0.15) is 0 Å². The molecule has 138 valence electrons. The van der Waals surface area contributed by atoms with Crippen molar-refractivity contribution in [1.29, 1.82) is 0 Å². The molecule has 0 bridgehead atoms. The maximum absolute atomic E-state index is 13.6. The number of aromatic nitrogens is 1. The van der Waals surface area contributed by atoms with E-state index in [-0.39, 0.29) is 4.88 Å². The second-order valence-electron chi connectivity index (χ2n) is 5.56. The van der Waals surface area contributed by atoms with Gasteiger partial charge in [-0.25, -0.2) is 22.9 Å². The lowest BCUT2D eigenvalue weighted by atomic mass is 10.1. The fourth-order valence-electron chi connectivity index (χ4n) is 2.29. The first kappa shape index (κ1) is 18.8. The van der Waals surface area contributed by atoms with Crippen LogP contribution in [0.3, 0.4) is 0 Å². The summed E-state index contributed by atoms with van der Waals surface area (Å²) < 4.78 is 44.7. The molecule has 0 aliphatic carbocycles. The molecule has 3 aromatic rings. The van der Waals surface area contributed by atoms with Crippen molar-refractivity contribution in [1.82, 2.24) is 4.98 Å². The highest BCUT2D eigenvalue weighted by Crippen LogP contribution is 2.28. The Morgan fingerprint density at radius 3 is 2.41 bits per heavy atom. The van der Waals surface area contributed by atoms with E-state index >= 15 is 0 Å². The topological polar surface area (TPSA) is 56.3 Å². The third-order valence-electron chi connectivity index (χ3n) is 3.64. The molecule has 0 fully saturated rings. The number of aryl methyl sites for hydroxylation is 1. The van der Waals surface area contributed by atoms with Crippen molar-refractivity contribution in [3.63, 3.8) is 0 Å². The van der Waals surface area contributed by atoms with E-state index in [4.69, 9.17) is 4.74 Å². The molecule has 0 unspecified atom stereocenters. The third-order valence-corrected chi connectivity index (χ3v) is 4.82. The standard InChI is InChI=1S/C19H12F3NO3S/c1-10-17(27-18(23-10)11-2-4-12(20)5-3-11)19(25)26-9-16(24)14-8-13(21)6-7-15(14)22/h2-8H,9H2,1H3. The average molecular weight is 391 g/mol. The molecular weight excluding hydrogens is 379 g/mol. The summed E-state index contributed by atoms with van der Waals surface area (Å²) in [5, 5.41) is 0.488. The molecule has 8 heteroatoms. The molecule has 0 saturated carbocycles. The zero-order valence-electron chi connectivity index (χ0n) is 14.0. The van der Waals surface area contributed by atoms with Gasteiger partial charge in [-0.3, -0.25) is 4.79 Å². The van der Waals surface area contributed by atoms with E-state index in [2.05, 4.69) is 4.98 Å². The van der Waals surface area contributed by atoms with Crippen molar-refractivity contribution in [2.45, 2.75) is 6.92 Å². The second-order valence-corrected chi connectivity index (χ2v) is 6.56. The number of hydrogen-bond acceptors (Lipinski definition) is 5. The molecule has 0 amide bonds. The molecule has 0 N–H and O–H groups in total. The highest BCUT2D eigenvalue weighted by molar-refractivity contribution is 7.17. The van der Waals surface area contributed by atoms with E-state index in [0.717, 1.165) is 29.5 Å². The van der Waals surface area contributed by atoms with Crippen LogP contribution >= 0.6 is 11.3 Å². The van der Waals surface area contributed by atoms with Gasteiger partial charge in [-0.05, 0) is 49.4 Å². The first-order valence-corrected chi connectivity index (χ1v) is 8.55. The highest BCUT2D eigenvalue weighted by Gasteiger charge is 2.20. The molecule has 1 heterocycles. The number of carbonyl (C=O) groups is 2. The first-order chi connectivity index (χ1) is 12.8. The number of rotatable bonds is 5. The minimum atomic E-state index is -0.898. The van der Waals surface area contributed by atoms with Crippen LogP contribution in [-0.2, 0) is 4.74 Å². The van der Waals surface area contributed by atoms with Gasteiger partial charge in [0.15, 0.2) is 6.61 Å². The Morgan fingerprint density at radius 2 is 1.70 bits per heavy atom. The molecule has 0 saturated heterocycles. The van der Waals surface area contributed by atoms with Gasteiger partial charge in [0.05, 0.1) is 11.3 Å². The second kappa shape index (κ2) is 7.71. The number of nitrogens with zero attached hydrogens (tertiary/aromatic N) is 1. The van der Waals surface area contributed by atoms with Gasteiger partial charge in [0.25, 0.3) is 0 Å². The van der Waals surface area contributed by atoms with E-state index in [1.807, 2.05) is 0 Å². The molecule has 0 atom stereocenters. The smallest absolute Gasteiger partial charge is 0.350 e. The lowest BCUT2D eigenvalue weighted by Crippen LogP contribution is -2.15. The quantitative estimate of drug-likeness (QED) is 0.472. The van der Waals surface area contributed by atoms with Crippen LogP contribution in [0.4, 0.5) is 13.2 Å². The molecule has 1 aromatic heterocycles. The number of esters is 1. The lowest BCUT2D eigenvalue weighted by Gasteiger charge is -2.04. The fourth-order valence-corrected chi connectivity index (χ4v) is 3.25. The number of carbonyl (C=O) groups excluding carboxylic acids is 2. The number of ketones is 1. The average Bonchev–Trinajstić information content (AvgIpc) is 3.04. The Hall–Kier alpha value is -3.00. The van der Waals surface area contributed by atoms with E-state index in [1.54, 1.807) is 6.92 Å². The Balaban J connectivity index is 1.72. The van der Waals surface area contributed by atoms with Crippen molar-refractivity contribution >= 4 is 23.1 Å². The van der Waals surface area contributed by atoms with E-state index < -0.39 is 41.4 Å². The number of benzene rings is 2. The predicted molar refractivity (Wildman–Crippen MR) is 93.2 cm³/mol. The van der Waals surface area contributed by atoms with Gasteiger partial charge in [-0.15, -0.1) is 11.3 Å². The van der Waals surface area contributed by atoms with Gasteiger partial charge >= 0.3 is 5.97 Å². The summed E-state index contributed by atoms with van der Waals surface area (Å²) >= 11 is 1.03. The van der Waals surface area contributed by atoms with Crippen LogP contribution in [0, 0.1) is 24.4 Å². The summed E-state index contributed by atoms with van der Waals surface area (Å²) in [7, 11) is 0. The fraction of sp³-hybridized carbons (Fsp3) is 0.105. The van der Waals surface area contributed by atoms with Crippen LogP contribution in [0.2, 0.25) is 0 Å². The minimum absolute atomic E-state index is 0.168. The van der Waals surface area contributed by atoms with Crippen molar-refractivity contribution in [2.75, 3.05) is 6.61 Å². The lowest BCUT2D eigenvalue weighted by molar-refractivity contribution is 0.0477. The molecule has 0 radical (unpaired) electrons. The van der Waals surface area contributed by atoms with E-state index in [1.165, 1.54) is 24.3 Å². The largest absolute Gasteiger partial charge is 0.453 e. The van der Waals surface area contributed by atoms with Crippen molar-refractivity contribution in [3.8, 4) is 10.6 Å². The third kappa shape index (κ3) is 4.22. The summed E-state index contributed by atoms with van der Waals surface area (Å²) in [6.45, 7) is 0.858. The molecular formula is C19H12F3NO3S. The summed E-state index contributed by atoms with van der Waals surface area (Å²) in [5.74, 6) is -3.72. The van der Waals surface area contributed by atoms with Crippen molar-refractivity contribution in [2.24, 2.45) is 0 Å². The van der Waals surface area contributed by atoms with E-state index in [9.17, 15) is 22.8 Å². The molecule has 2 aromatic carbocycles. The normalized spacial score (nSPS) is 10.7. The summed E-state index contributed by atoms with van der Waals surface area (Å²) in [4.78, 5) is 28.6. The maximum atomic E-state index is 13.6. The maximum Gasteiger partial charge on any atom is 0.350 e. The zero-order chi connectivity index (χ0) is 19.6. The van der Waals surface area contributed by atoms with Crippen molar-refractivity contribution in [3.05, 3.63) is 76.1 Å². The van der Waals surface area contributed by atoms with Gasteiger partial charge in [0, 0.05) is 5.56 Å². The van der Waals surface area contributed by atoms with Crippen LogP contribution in [0.15, 0.2) is 42.5 Å². The number of thiazole rings is 1. The Kier molecular flexibility index (Phi) is 5.36. The minimum Gasteiger partial charge on any atom is -0.453 e. The summed E-state index contributed by atoms with van der Waals surface area (Å²) in [5.41, 5.74) is 0.519. The first-order valence-electron chi connectivity index (χ1n) is 7.74. The summed E-state index contributed by atoms with van der Waals surface area (Å²) in [6.07, 6.45) is 0. The molecule has 27 heavy (non-hydrogen) atoms. The molecule has 3 rings (SSSR count). The van der Waals surface area contributed by atoms with Crippen molar-refractivity contribution < 1.29 is 27.5 Å². The van der Waals surface area contributed by atoms with Gasteiger partial charge in [0.2, 0.25) is 5.78 Å². The molecule has 0 spiro atoms. The van der Waals surface area contributed by atoms with E-state index in [0.29, 0.717) is 16.3 Å². The summed E-state index contributed by atoms with van der Waals surface area (Å²) in [6, 6.07) is 8.06. The number of ether oxygens (including phenoxy) is 1. The number of halogens is 3. The van der Waals surface area contributed by atoms with Crippen LogP contribution < -0.4 is 0 Å². The monoisotopic (exact) mass is 391 g/mol.